The molecule has 3 rings (SSSR count). The molecule has 0 unspecified atom stereocenters. The quantitative estimate of drug-likeness (QED) is 0.601. The smallest absolute Gasteiger partial charge is 0.283 e. The Morgan fingerprint density at radius 1 is 0.857 bits per heavy atom. The summed E-state index contributed by atoms with van der Waals surface area (Å²) >= 11 is 6.03. The highest BCUT2D eigenvalue weighted by molar-refractivity contribution is 6.56. The molecule has 0 aromatic heterocycles. The Hall–Kier alpha value is -2.46. The molecule has 1 heterocycles. The topological polar surface area (TPSA) is 54.5 Å². The molecular formula is C16H10ClNO3. The van der Waals surface area contributed by atoms with E-state index in [1.54, 1.807) is 37.3 Å². The second-order valence-electron chi connectivity index (χ2n) is 4.70. The normalized spacial score (nSPS) is 14.4. The zero-order valence-electron chi connectivity index (χ0n) is 11.1. The Labute approximate surface area is 125 Å². The highest BCUT2D eigenvalue weighted by Crippen LogP contribution is 2.31. The van der Waals surface area contributed by atoms with Crippen LogP contribution >= 0.6 is 11.6 Å². The van der Waals surface area contributed by atoms with E-state index < -0.39 is 17.6 Å². The lowest BCUT2D eigenvalue weighted by molar-refractivity contribution is -0.114. The molecule has 5 heteroatoms. The molecule has 0 fully saturated rings. The van der Waals surface area contributed by atoms with E-state index >= 15 is 0 Å². The van der Waals surface area contributed by atoms with Crippen LogP contribution in [-0.2, 0) is 4.79 Å². The first-order chi connectivity index (χ1) is 10.0. The first kappa shape index (κ1) is 13.5. The first-order valence-electron chi connectivity index (χ1n) is 6.29. The fraction of sp³-hybridized carbons (Fsp3) is 0.0625. The number of nitrogens with zero attached hydrogens (tertiary/aromatic N) is 1. The molecule has 0 saturated carbocycles. The molecule has 0 aliphatic carbocycles. The zero-order chi connectivity index (χ0) is 15.1. The summed E-state index contributed by atoms with van der Waals surface area (Å²) in [5, 5.41) is 0.430. The molecule has 0 bridgehead atoms. The third-order valence-electron chi connectivity index (χ3n) is 3.48. The fourth-order valence-electron chi connectivity index (χ4n) is 2.35. The van der Waals surface area contributed by atoms with Crippen LogP contribution < -0.4 is 4.90 Å². The Kier molecular flexibility index (Phi) is 3.11. The molecule has 0 atom stereocenters. The number of benzene rings is 2. The van der Waals surface area contributed by atoms with Crippen molar-refractivity contribution in [3.63, 3.8) is 0 Å². The van der Waals surface area contributed by atoms with E-state index in [0.717, 1.165) is 4.90 Å². The van der Waals surface area contributed by atoms with Gasteiger partial charge in [0.1, 0.15) is 0 Å². The van der Waals surface area contributed by atoms with Crippen molar-refractivity contribution in [1.29, 1.82) is 0 Å². The van der Waals surface area contributed by atoms with Gasteiger partial charge >= 0.3 is 5.91 Å². The molecule has 2 aromatic rings. The van der Waals surface area contributed by atoms with E-state index in [2.05, 4.69) is 0 Å². The van der Waals surface area contributed by atoms with E-state index in [1.165, 1.54) is 12.1 Å². The van der Waals surface area contributed by atoms with Gasteiger partial charge in [-0.1, -0.05) is 35.9 Å². The number of hydrogen-bond donors (Lipinski definition) is 0. The van der Waals surface area contributed by atoms with Crippen molar-refractivity contribution in [2.24, 2.45) is 0 Å². The summed E-state index contributed by atoms with van der Waals surface area (Å²) < 4.78 is 0. The fourth-order valence-corrected chi connectivity index (χ4v) is 2.52. The van der Waals surface area contributed by atoms with Gasteiger partial charge in [0.2, 0.25) is 0 Å². The highest BCUT2D eigenvalue weighted by atomic mass is 35.5. The molecular weight excluding hydrogens is 290 g/mol. The van der Waals surface area contributed by atoms with Crippen molar-refractivity contribution < 1.29 is 14.4 Å². The van der Waals surface area contributed by atoms with Gasteiger partial charge in [-0.2, -0.15) is 0 Å². The third-order valence-corrected chi connectivity index (χ3v) is 3.89. The Morgan fingerprint density at radius 3 is 2.24 bits per heavy atom. The van der Waals surface area contributed by atoms with E-state index in [-0.39, 0.29) is 11.1 Å². The Balaban J connectivity index is 2.21. The molecule has 0 saturated heterocycles. The summed E-state index contributed by atoms with van der Waals surface area (Å²) in [4.78, 5) is 37.9. The number of anilines is 1. The molecule has 2 aromatic carbocycles. The average Bonchev–Trinajstić information content (AvgIpc) is 2.49. The number of ketones is 1. The number of rotatable bonds is 1. The number of fused-ring (bicyclic) bond motifs is 1. The number of halogens is 1. The summed E-state index contributed by atoms with van der Waals surface area (Å²) in [5.74, 6) is -2.06. The maximum Gasteiger partial charge on any atom is 0.306 e. The molecule has 1 aliphatic heterocycles. The van der Waals surface area contributed by atoms with Gasteiger partial charge in [0.25, 0.3) is 11.7 Å². The number of carbonyl (C=O) groups is 3. The molecule has 0 N–H and O–H groups in total. The maximum atomic E-state index is 12.5. The predicted octanol–water partition coefficient (Wildman–Crippen LogP) is 3.02. The van der Waals surface area contributed by atoms with Crippen LogP contribution in [0.4, 0.5) is 5.69 Å². The number of carbonyl (C=O) groups excluding carboxylic acids is 3. The number of imide groups is 1. The van der Waals surface area contributed by atoms with Crippen LogP contribution in [-0.4, -0.2) is 17.6 Å². The van der Waals surface area contributed by atoms with Crippen LogP contribution in [0.5, 0.6) is 0 Å². The average molecular weight is 300 g/mol. The van der Waals surface area contributed by atoms with E-state index in [1.807, 2.05) is 0 Å². The lowest BCUT2D eigenvalue weighted by Gasteiger charge is -2.27. The minimum atomic E-state index is -0.857. The summed E-state index contributed by atoms with van der Waals surface area (Å²) in [5.41, 5.74) is 1.28. The summed E-state index contributed by atoms with van der Waals surface area (Å²) in [6.07, 6.45) is 0. The molecule has 21 heavy (non-hydrogen) atoms. The van der Waals surface area contributed by atoms with Gasteiger partial charge < -0.3 is 0 Å². The SMILES string of the molecule is Cc1c(Cl)cccc1N1C(=O)C(=O)c2ccccc2C1=O. The van der Waals surface area contributed by atoms with Gasteiger partial charge in [-0.25, -0.2) is 4.90 Å². The largest absolute Gasteiger partial charge is 0.306 e. The molecule has 0 radical (unpaired) electrons. The van der Waals surface area contributed by atoms with Crippen LogP contribution in [0, 0.1) is 6.92 Å². The molecule has 1 aliphatic rings. The van der Waals surface area contributed by atoms with Crippen molar-refractivity contribution in [2.75, 3.05) is 4.90 Å². The number of Topliss-reactive ketones (excluding diaryl/α,β-unsaturated/α-hetero) is 1. The van der Waals surface area contributed by atoms with E-state index in [0.29, 0.717) is 16.3 Å². The van der Waals surface area contributed by atoms with Gasteiger partial charge in [0, 0.05) is 10.6 Å². The van der Waals surface area contributed by atoms with Gasteiger partial charge in [-0.3, -0.25) is 14.4 Å². The minimum Gasteiger partial charge on any atom is -0.283 e. The Bertz CT molecular complexity index is 798. The van der Waals surface area contributed by atoms with E-state index in [9.17, 15) is 14.4 Å². The van der Waals surface area contributed by atoms with Gasteiger partial charge in [-0.15, -0.1) is 0 Å². The van der Waals surface area contributed by atoms with Gasteiger partial charge in [0.15, 0.2) is 0 Å². The van der Waals surface area contributed by atoms with Crippen molar-refractivity contribution >= 4 is 34.9 Å². The lowest BCUT2D eigenvalue weighted by Crippen LogP contribution is -2.46. The molecule has 104 valence electrons. The van der Waals surface area contributed by atoms with Crippen molar-refractivity contribution in [2.45, 2.75) is 6.92 Å². The summed E-state index contributed by atoms with van der Waals surface area (Å²) in [6, 6.07) is 11.2. The highest BCUT2D eigenvalue weighted by Gasteiger charge is 2.39. The third kappa shape index (κ3) is 1.96. The van der Waals surface area contributed by atoms with Crippen LogP contribution in [0.3, 0.4) is 0 Å². The van der Waals surface area contributed by atoms with Crippen molar-refractivity contribution in [1.82, 2.24) is 0 Å². The summed E-state index contributed by atoms with van der Waals surface area (Å²) in [6.45, 7) is 1.70. The second-order valence-corrected chi connectivity index (χ2v) is 5.11. The van der Waals surface area contributed by atoms with E-state index in [4.69, 9.17) is 11.6 Å². The number of hydrogen-bond acceptors (Lipinski definition) is 3. The lowest BCUT2D eigenvalue weighted by atomic mass is 9.96. The van der Waals surface area contributed by atoms with Crippen LogP contribution in [0.1, 0.15) is 26.3 Å². The second kappa shape index (κ2) is 4.82. The molecule has 2 amide bonds. The minimum absolute atomic E-state index is 0.142. The maximum absolute atomic E-state index is 12.5. The van der Waals surface area contributed by atoms with Crippen molar-refractivity contribution in [3.8, 4) is 0 Å². The van der Waals surface area contributed by atoms with Crippen LogP contribution in [0.2, 0.25) is 5.02 Å². The standard InChI is InChI=1S/C16H10ClNO3/c1-9-12(17)7-4-8-13(9)18-15(20)11-6-3-2-5-10(11)14(19)16(18)21/h2-8H,1H3. The molecule has 4 nitrogen and oxygen atoms in total. The van der Waals surface area contributed by atoms with Crippen molar-refractivity contribution in [3.05, 3.63) is 64.2 Å². The van der Waals surface area contributed by atoms with Crippen LogP contribution in [0.25, 0.3) is 0 Å². The van der Waals surface area contributed by atoms with Crippen LogP contribution in [0.15, 0.2) is 42.5 Å². The summed E-state index contributed by atoms with van der Waals surface area (Å²) in [7, 11) is 0. The first-order valence-corrected chi connectivity index (χ1v) is 6.67. The predicted molar refractivity (Wildman–Crippen MR) is 78.8 cm³/mol. The van der Waals surface area contributed by atoms with Gasteiger partial charge in [-0.05, 0) is 30.7 Å². The Morgan fingerprint density at radius 2 is 1.52 bits per heavy atom. The van der Waals surface area contributed by atoms with Gasteiger partial charge in [0.05, 0.1) is 11.3 Å². The number of amides is 2. The zero-order valence-corrected chi connectivity index (χ0v) is 11.8. The monoisotopic (exact) mass is 299 g/mol. The molecule has 0 spiro atoms.